The van der Waals surface area contributed by atoms with Crippen LogP contribution in [-0.4, -0.2) is 23.4 Å². The molecule has 0 aliphatic carbocycles. The number of rotatable bonds is 2. The van der Waals surface area contributed by atoms with Gasteiger partial charge < -0.3 is 4.90 Å². The van der Waals surface area contributed by atoms with Crippen molar-refractivity contribution >= 4 is 5.91 Å². The van der Waals surface area contributed by atoms with E-state index in [2.05, 4.69) is 24.8 Å². The second-order valence-corrected chi connectivity index (χ2v) is 5.37. The summed E-state index contributed by atoms with van der Waals surface area (Å²) < 4.78 is 0. The van der Waals surface area contributed by atoms with E-state index in [9.17, 15) is 4.79 Å². The van der Waals surface area contributed by atoms with Gasteiger partial charge in [0.2, 0.25) is 0 Å². The number of benzene rings is 1. The number of carbonyl (C=O) groups is 1. The highest BCUT2D eigenvalue weighted by atomic mass is 16.2. The topological polar surface area (TPSA) is 20.3 Å². The summed E-state index contributed by atoms with van der Waals surface area (Å²) in [5, 5.41) is 0. The molecule has 1 aliphatic rings. The molecule has 2 heteroatoms. The highest BCUT2D eigenvalue weighted by Crippen LogP contribution is 2.23. The van der Waals surface area contributed by atoms with E-state index in [0.29, 0.717) is 6.04 Å². The van der Waals surface area contributed by atoms with E-state index in [1.807, 2.05) is 19.1 Å². The average Bonchev–Trinajstić information content (AvgIpc) is 2.38. The summed E-state index contributed by atoms with van der Waals surface area (Å²) in [4.78, 5) is 14.7. The third kappa shape index (κ3) is 2.58. The van der Waals surface area contributed by atoms with E-state index in [0.717, 1.165) is 36.9 Å². The lowest BCUT2D eigenvalue weighted by Crippen LogP contribution is -2.43. The normalized spacial score (nSPS) is 19.9. The summed E-state index contributed by atoms with van der Waals surface area (Å²) in [5.74, 6) is 0.221. The number of amides is 1. The molecule has 98 valence electrons. The molecule has 0 aromatic heterocycles. The Morgan fingerprint density at radius 1 is 1.33 bits per heavy atom. The van der Waals surface area contributed by atoms with Crippen molar-refractivity contribution in [3.63, 3.8) is 0 Å². The van der Waals surface area contributed by atoms with Crippen LogP contribution in [0.1, 0.15) is 54.1 Å². The Balaban J connectivity index is 2.24. The van der Waals surface area contributed by atoms with Gasteiger partial charge in [-0.05, 0) is 51.2 Å². The number of hydrogen-bond acceptors (Lipinski definition) is 1. The Kier molecular flexibility index (Phi) is 4.05. The molecule has 2 rings (SSSR count). The molecule has 1 amide bonds. The first-order valence-corrected chi connectivity index (χ1v) is 7.01. The Bertz CT molecular complexity index is 439. The van der Waals surface area contributed by atoms with Gasteiger partial charge in [-0.1, -0.05) is 24.6 Å². The summed E-state index contributed by atoms with van der Waals surface area (Å²) in [6.07, 6.45) is 4.63. The van der Waals surface area contributed by atoms with Gasteiger partial charge in [0.25, 0.3) is 5.91 Å². The zero-order valence-corrected chi connectivity index (χ0v) is 11.7. The number of hydrogen-bond donors (Lipinski definition) is 0. The number of nitrogens with zero attached hydrogens (tertiary/aromatic N) is 1. The standard InChI is InChI=1S/C16H23NO/c1-4-14-7-5-6-10-17(14)16(18)15-9-8-12(2)11-13(15)3/h8-9,11,14H,4-7,10H2,1-3H3. The van der Waals surface area contributed by atoms with Gasteiger partial charge in [0.05, 0.1) is 0 Å². The number of piperidine rings is 1. The first kappa shape index (κ1) is 13.1. The van der Waals surface area contributed by atoms with E-state index in [-0.39, 0.29) is 5.91 Å². The number of likely N-dealkylation sites (tertiary alicyclic amines) is 1. The van der Waals surface area contributed by atoms with Gasteiger partial charge in [0, 0.05) is 18.2 Å². The van der Waals surface area contributed by atoms with Gasteiger partial charge in [0.15, 0.2) is 0 Å². The molecule has 1 aliphatic heterocycles. The van der Waals surface area contributed by atoms with Gasteiger partial charge >= 0.3 is 0 Å². The maximum absolute atomic E-state index is 12.6. The van der Waals surface area contributed by atoms with Crippen LogP contribution in [0.15, 0.2) is 18.2 Å². The molecule has 0 radical (unpaired) electrons. The fraction of sp³-hybridized carbons (Fsp3) is 0.562. The molecule has 1 aromatic rings. The van der Waals surface area contributed by atoms with Crippen LogP contribution < -0.4 is 0 Å². The molecular weight excluding hydrogens is 222 g/mol. The molecule has 2 nitrogen and oxygen atoms in total. The molecule has 1 fully saturated rings. The predicted octanol–water partition coefficient (Wildman–Crippen LogP) is 3.71. The maximum atomic E-state index is 12.6. The smallest absolute Gasteiger partial charge is 0.254 e. The fourth-order valence-corrected chi connectivity index (χ4v) is 2.90. The van der Waals surface area contributed by atoms with Crippen molar-refractivity contribution in [1.82, 2.24) is 4.90 Å². The van der Waals surface area contributed by atoms with E-state index in [4.69, 9.17) is 0 Å². The van der Waals surface area contributed by atoms with E-state index >= 15 is 0 Å². The third-order valence-corrected chi connectivity index (χ3v) is 3.97. The van der Waals surface area contributed by atoms with Crippen LogP contribution in [0, 0.1) is 13.8 Å². The van der Waals surface area contributed by atoms with E-state index in [1.165, 1.54) is 12.0 Å². The van der Waals surface area contributed by atoms with Gasteiger partial charge in [-0.25, -0.2) is 0 Å². The Labute approximate surface area is 110 Å². The van der Waals surface area contributed by atoms with Crippen molar-refractivity contribution in [1.29, 1.82) is 0 Å². The summed E-state index contributed by atoms with van der Waals surface area (Å²) in [5.41, 5.74) is 3.19. The van der Waals surface area contributed by atoms with Crippen molar-refractivity contribution in [2.45, 2.75) is 52.5 Å². The molecule has 18 heavy (non-hydrogen) atoms. The summed E-state index contributed by atoms with van der Waals surface area (Å²) in [6, 6.07) is 6.55. The number of carbonyl (C=O) groups excluding carboxylic acids is 1. The Morgan fingerprint density at radius 3 is 2.78 bits per heavy atom. The van der Waals surface area contributed by atoms with Crippen LogP contribution in [0.3, 0.4) is 0 Å². The second-order valence-electron chi connectivity index (χ2n) is 5.37. The number of aryl methyl sites for hydroxylation is 2. The average molecular weight is 245 g/mol. The molecule has 1 heterocycles. The van der Waals surface area contributed by atoms with Crippen LogP contribution in [-0.2, 0) is 0 Å². The molecule has 0 saturated carbocycles. The Morgan fingerprint density at radius 2 is 2.11 bits per heavy atom. The van der Waals surface area contributed by atoms with Gasteiger partial charge in [-0.15, -0.1) is 0 Å². The highest BCUT2D eigenvalue weighted by Gasteiger charge is 2.26. The minimum Gasteiger partial charge on any atom is -0.336 e. The first-order chi connectivity index (χ1) is 8.63. The molecule has 0 bridgehead atoms. The summed E-state index contributed by atoms with van der Waals surface area (Å²) in [6.45, 7) is 7.20. The molecule has 1 saturated heterocycles. The van der Waals surface area contributed by atoms with Crippen molar-refractivity contribution < 1.29 is 4.79 Å². The quantitative estimate of drug-likeness (QED) is 0.778. The summed E-state index contributed by atoms with van der Waals surface area (Å²) >= 11 is 0. The molecule has 0 N–H and O–H groups in total. The lowest BCUT2D eigenvalue weighted by Gasteiger charge is -2.35. The molecule has 1 unspecified atom stereocenters. The molecule has 0 spiro atoms. The zero-order valence-electron chi connectivity index (χ0n) is 11.7. The van der Waals surface area contributed by atoms with Crippen LogP contribution in [0.4, 0.5) is 0 Å². The Hall–Kier alpha value is -1.31. The van der Waals surface area contributed by atoms with Crippen LogP contribution in [0.2, 0.25) is 0 Å². The maximum Gasteiger partial charge on any atom is 0.254 e. The van der Waals surface area contributed by atoms with E-state index < -0.39 is 0 Å². The van der Waals surface area contributed by atoms with Crippen LogP contribution in [0.25, 0.3) is 0 Å². The van der Waals surface area contributed by atoms with Gasteiger partial charge in [-0.3, -0.25) is 4.79 Å². The third-order valence-electron chi connectivity index (χ3n) is 3.97. The lowest BCUT2D eigenvalue weighted by atomic mass is 9.97. The SMILES string of the molecule is CCC1CCCCN1C(=O)c1ccc(C)cc1C. The second kappa shape index (κ2) is 5.55. The minimum absolute atomic E-state index is 0.221. The van der Waals surface area contributed by atoms with Gasteiger partial charge in [0.1, 0.15) is 0 Å². The van der Waals surface area contributed by atoms with E-state index in [1.54, 1.807) is 0 Å². The van der Waals surface area contributed by atoms with Gasteiger partial charge in [-0.2, -0.15) is 0 Å². The fourth-order valence-electron chi connectivity index (χ4n) is 2.90. The first-order valence-electron chi connectivity index (χ1n) is 7.01. The lowest BCUT2D eigenvalue weighted by molar-refractivity contribution is 0.0607. The van der Waals surface area contributed by atoms with Crippen molar-refractivity contribution in [2.75, 3.05) is 6.54 Å². The monoisotopic (exact) mass is 245 g/mol. The molecule has 1 atom stereocenters. The summed E-state index contributed by atoms with van der Waals surface area (Å²) in [7, 11) is 0. The zero-order chi connectivity index (χ0) is 13.1. The van der Waals surface area contributed by atoms with Crippen molar-refractivity contribution in [3.8, 4) is 0 Å². The highest BCUT2D eigenvalue weighted by molar-refractivity contribution is 5.96. The van der Waals surface area contributed by atoms with Crippen LogP contribution >= 0.6 is 0 Å². The molecular formula is C16H23NO. The predicted molar refractivity (Wildman–Crippen MR) is 74.9 cm³/mol. The molecule has 1 aromatic carbocycles. The van der Waals surface area contributed by atoms with Crippen LogP contribution in [0.5, 0.6) is 0 Å². The minimum atomic E-state index is 0.221. The largest absolute Gasteiger partial charge is 0.336 e. The van der Waals surface area contributed by atoms with Crippen molar-refractivity contribution in [3.05, 3.63) is 34.9 Å². The van der Waals surface area contributed by atoms with Crippen molar-refractivity contribution in [2.24, 2.45) is 0 Å².